The molecule has 0 aromatic carbocycles. The van der Waals surface area contributed by atoms with E-state index in [1.807, 2.05) is 24.4 Å². The maximum Gasteiger partial charge on any atom is 0.0994 e. The number of hydrogen-bond donors (Lipinski definition) is 1. The van der Waals surface area contributed by atoms with Crippen LogP contribution in [0.1, 0.15) is 0 Å². The Morgan fingerprint density at radius 1 is 1.53 bits per heavy atom. The molecule has 1 saturated heterocycles. The van der Waals surface area contributed by atoms with Gasteiger partial charge >= 0.3 is 0 Å². The Balaban J connectivity index is 2.34. The molecule has 0 amide bonds. The molecule has 0 bridgehead atoms. The van der Waals surface area contributed by atoms with Gasteiger partial charge in [-0.15, -0.1) is 0 Å². The molecule has 0 aliphatic carbocycles. The van der Waals surface area contributed by atoms with Crippen LogP contribution in [0.15, 0.2) is 29.4 Å². The van der Waals surface area contributed by atoms with Gasteiger partial charge in [0.05, 0.1) is 18.7 Å². The third-order valence-electron chi connectivity index (χ3n) is 2.08. The maximum atomic E-state index is 8.73. The SMILES string of the molecule is CN=CC(C#N)C=C/C=C/N1CCNC1. The lowest BCUT2D eigenvalue weighted by Gasteiger charge is -2.07. The lowest BCUT2D eigenvalue weighted by molar-refractivity contribution is 0.461. The summed E-state index contributed by atoms with van der Waals surface area (Å²) in [6.45, 7) is 2.99. The third kappa shape index (κ3) is 4.43. The van der Waals surface area contributed by atoms with E-state index in [0.29, 0.717) is 0 Å². The quantitative estimate of drug-likeness (QED) is 0.543. The first-order valence-corrected chi connectivity index (χ1v) is 4.98. The van der Waals surface area contributed by atoms with Crippen molar-refractivity contribution in [3.05, 3.63) is 24.4 Å². The zero-order valence-corrected chi connectivity index (χ0v) is 8.93. The summed E-state index contributed by atoms with van der Waals surface area (Å²) in [6, 6.07) is 2.14. The summed E-state index contributed by atoms with van der Waals surface area (Å²) in [5.41, 5.74) is 0. The van der Waals surface area contributed by atoms with Crippen molar-refractivity contribution in [2.24, 2.45) is 10.9 Å². The van der Waals surface area contributed by atoms with Crippen molar-refractivity contribution in [3.8, 4) is 6.07 Å². The van der Waals surface area contributed by atoms with Gasteiger partial charge in [0.2, 0.25) is 0 Å². The highest BCUT2D eigenvalue weighted by Gasteiger charge is 2.03. The number of allylic oxidation sites excluding steroid dienone is 3. The normalized spacial score (nSPS) is 19.3. The number of hydrogen-bond acceptors (Lipinski definition) is 4. The van der Waals surface area contributed by atoms with E-state index in [-0.39, 0.29) is 5.92 Å². The second-order valence-corrected chi connectivity index (χ2v) is 3.26. The van der Waals surface area contributed by atoms with Gasteiger partial charge in [0.1, 0.15) is 0 Å². The van der Waals surface area contributed by atoms with E-state index in [0.717, 1.165) is 19.8 Å². The van der Waals surface area contributed by atoms with E-state index in [9.17, 15) is 0 Å². The standard InChI is InChI=1S/C11H16N4/c1-13-9-11(8-12)4-2-3-6-15-7-5-14-10-15/h2-4,6,9,11,14H,5,7,10H2,1H3/b4-2?,6-3+,13-9?. The Morgan fingerprint density at radius 3 is 3.00 bits per heavy atom. The monoisotopic (exact) mass is 204 g/mol. The fourth-order valence-electron chi connectivity index (χ4n) is 1.29. The minimum absolute atomic E-state index is 0.226. The van der Waals surface area contributed by atoms with Gasteiger partial charge in [-0.25, -0.2) is 0 Å². The summed E-state index contributed by atoms with van der Waals surface area (Å²) < 4.78 is 0. The van der Waals surface area contributed by atoms with Crippen LogP contribution in [0.4, 0.5) is 0 Å². The second kappa shape index (κ2) is 6.80. The fourth-order valence-corrected chi connectivity index (χ4v) is 1.29. The van der Waals surface area contributed by atoms with Gasteiger partial charge in [0.15, 0.2) is 0 Å². The minimum atomic E-state index is -0.226. The molecule has 1 N–H and O–H groups in total. The van der Waals surface area contributed by atoms with E-state index < -0.39 is 0 Å². The van der Waals surface area contributed by atoms with Crippen LogP contribution < -0.4 is 5.32 Å². The van der Waals surface area contributed by atoms with Crippen molar-refractivity contribution < 1.29 is 0 Å². The van der Waals surface area contributed by atoms with Crippen LogP contribution in [0.2, 0.25) is 0 Å². The molecule has 80 valence electrons. The average molecular weight is 204 g/mol. The molecule has 4 heteroatoms. The summed E-state index contributed by atoms with van der Waals surface area (Å²) in [5.74, 6) is -0.226. The largest absolute Gasteiger partial charge is 0.364 e. The number of nitrogens with zero attached hydrogens (tertiary/aromatic N) is 3. The first-order chi connectivity index (χ1) is 7.36. The van der Waals surface area contributed by atoms with Gasteiger partial charge < -0.3 is 4.90 Å². The molecule has 0 saturated carbocycles. The van der Waals surface area contributed by atoms with E-state index >= 15 is 0 Å². The predicted molar refractivity (Wildman–Crippen MR) is 61.4 cm³/mol. The van der Waals surface area contributed by atoms with Crippen LogP contribution >= 0.6 is 0 Å². The second-order valence-electron chi connectivity index (χ2n) is 3.26. The molecule has 0 aromatic heterocycles. The van der Waals surface area contributed by atoms with Crippen molar-refractivity contribution in [2.45, 2.75) is 0 Å². The Hall–Kier alpha value is -1.60. The highest BCUT2D eigenvalue weighted by atomic mass is 15.3. The first-order valence-electron chi connectivity index (χ1n) is 4.98. The van der Waals surface area contributed by atoms with Gasteiger partial charge in [0, 0.05) is 32.6 Å². The summed E-state index contributed by atoms with van der Waals surface area (Å²) in [5, 5.41) is 12.0. The number of aliphatic imine (C=N–C) groups is 1. The van der Waals surface area contributed by atoms with Crippen molar-refractivity contribution in [1.82, 2.24) is 10.2 Å². The Morgan fingerprint density at radius 2 is 2.40 bits per heavy atom. The fraction of sp³-hybridized carbons (Fsp3) is 0.455. The van der Waals surface area contributed by atoms with Crippen LogP contribution in [-0.2, 0) is 0 Å². The lowest BCUT2D eigenvalue weighted by atomic mass is 10.2. The van der Waals surface area contributed by atoms with E-state index in [1.165, 1.54) is 0 Å². The summed E-state index contributed by atoms with van der Waals surface area (Å²) in [4.78, 5) is 6.00. The molecule has 1 rings (SSSR count). The summed E-state index contributed by atoms with van der Waals surface area (Å²) in [6.07, 6.45) is 9.30. The van der Waals surface area contributed by atoms with Crippen molar-refractivity contribution in [2.75, 3.05) is 26.8 Å². The number of nitrogens with one attached hydrogen (secondary N) is 1. The molecule has 0 aromatic rings. The van der Waals surface area contributed by atoms with Gasteiger partial charge in [0.25, 0.3) is 0 Å². The van der Waals surface area contributed by atoms with Crippen molar-refractivity contribution >= 4 is 6.21 Å². The average Bonchev–Trinajstić information content (AvgIpc) is 2.75. The van der Waals surface area contributed by atoms with Gasteiger partial charge in [-0.05, 0) is 6.08 Å². The Bertz CT molecular complexity index is 292. The van der Waals surface area contributed by atoms with Crippen LogP contribution in [0.3, 0.4) is 0 Å². The van der Waals surface area contributed by atoms with E-state index in [4.69, 9.17) is 5.26 Å². The van der Waals surface area contributed by atoms with Crippen LogP contribution in [0.25, 0.3) is 0 Å². The number of nitriles is 1. The summed E-state index contributed by atoms with van der Waals surface area (Å²) in [7, 11) is 1.67. The molecular formula is C11H16N4. The molecule has 1 heterocycles. The molecule has 0 spiro atoms. The molecule has 1 aliphatic rings. The third-order valence-corrected chi connectivity index (χ3v) is 2.08. The zero-order valence-electron chi connectivity index (χ0n) is 8.93. The number of rotatable bonds is 4. The molecule has 1 unspecified atom stereocenters. The highest BCUT2D eigenvalue weighted by Crippen LogP contribution is 1.96. The van der Waals surface area contributed by atoms with E-state index in [2.05, 4.69) is 21.3 Å². The van der Waals surface area contributed by atoms with Crippen LogP contribution in [0.5, 0.6) is 0 Å². The zero-order chi connectivity index (χ0) is 10.9. The molecule has 1 atom stereocenters. The Labute approximate surface area is 90.6 Å². The minimum Gasteiger partial charge on any atom is -0.364 e. The lowest BCUT2D eigenvalue weighted by Crippen LogP contribution is -2.14. The molecule has 15 heavy (non-hydrogen) atoms. The summed E-state index contributed by atoms with van der Waals surface area (Å²) >= 11 is 0. The smallest absolute Gasteiger partial charge is 0.0994 e. The van der Waals surface area contributed by atoms with Crippen molar-refractivity contribution in [3.63, 3.8) is 0 Å². The van der Waals surface area contributed by atoms with Crippen LogP contribution in [-0.4, -0.2) is 37.9 Å². The van der Waals surface area contributed by atoms with E-state index in [1.54, 1.807) is 13.3 Å². The molecule has 1 aliphatic heterocycles. The van der Waals surface area contributed by atoms with Gasteiger partial charge in [-0.1, -0.05) is 12.2 Å². The molecule has 4 nitrogen and oxygen atoms in total. The topological polar surface area (TPSA) is 51.4 Å². The molecule has 0 radical (unpaired) electrons. The predicted octanol–water partition coefficient (Wildman–Crippen LogP) is 0.759. The van der Waals surface area contributed by atoms with Crippen molar-refractivity contribution in [1.29, 1.82) is 5.26 Å². The van der Waals surface area contributed by atoms with Gasteiger partial charge in [-0.2, -0.15) is 5.26 Å². The molecular weight excluding hydrogens is 188 g/mol. The first kappa shape index (κ1) is 11.5. The molecule has 1 fully saturated rings. The van der Waals surface area contributed by atoms with Crippen LogP contribution in [0, 0.1) is 17.2 Å². The van der Waals surface area contributed by atoms with Gasteiger partial charge in [-0.3, -0.25) is 10.3 Å². The Kier molecular flexibility index (Phi) is 5.20. The maximum absolute atomic E-state index is 8.73. The highest BCUT2D eigenvalue weighted by molar-refractivity contribution is 5.66.